The lowest BCUT2D eigenvalue weighted by atomic mass is 10.3. The summed E-state index contributed by atoms with van der Waals surface area (Å²) in [6, 6.07) is 0. The van der Waals surface area contributed by atoms with Crippen molar-refractivity contribution in [1.82, 2.24) is 4.67 Å². The van der Waals surface area contributed by atoms with Crippen LogP contribution in [0, 0.1) is 0 Å². The second kappa shape index (κ2) is 4.37. The summed E-state index contributed by atoms with van der Waals surface area (Å²) in [5.74, 6) is 0. The zero-order valence-electron chi connectivity index (χ0n) is 8.19. The van der Waals surface area contributed by atoms with Gasteiger partial charge in [0.15, 0.2) is 8.38 Å². The Bertz CT molecular complexity index is 107. The lowest BCUT2D eigenvalue weighted by molar-refractivity contribution is 0.460. The minimum absolute atomic E-state index is 0.193. The van der Waals surface area contributed by atoms with Gasteiger partial charge in [0, 0.05) is 18.2 Å². The number of hydrogen-bond donors (Lipinski definition) is 0. The molecule has 0 saturated heterocycles. The van der Waals surface area contributed by atoms with Crippen LogP contribution >= 0.6 is 8.38 Å². The average Bonchev–Trinajstić information content (AvgIpc) is 1.88. The van der Waals surface area contributed by atoms with Crippen LogP contribution in [0.1, 0.15) is 34.6 Å². The van der Waals surface area contributed by atoms with Gasteiger partial charge in [0.1, 0.15) is 0 Å². The molecule has 0 aromatic rings. The maximum Gasteiger partial charge on any atom is 0.162 e. The molecule has 0 fully saturated rings. The van der Waals surface area contributed by atoms with E-state index in [1.807, 2.05) is 39.3 Å². The van der Waals surface area contributed by atoms with Gasteiger partial charge < -0.3 is 0 Å². The van der Waals surface area contributed by atoms with E-state index in [0.29, 0.717) is 0 Å². The molecule has 0 bridgehead atoms. The highest BCUT2D eigenvalue weighted by molar-refractivity contribution is 7.51. The van der Waals surface area contributed by atoms with Crippen molar-refractivity contribution in [2.45, 2.75) is 39.8 Å². The third-order valence-corrected chi connectivity index (χ3v) is 3.70. The average molecular weight is 179 g/mol. The van der Waals surface area contributed by atoms with E-state index in [0.717, 1.165) is 13.1 Å². The van der Waals surface area contributed by atoms with Gasteiger partial charge >= 0.3 is 0 Å². The maximum atomic E-state index is 13.6. The van der Waals surface area contributed by atoms with Gasteiger partial charge in [-0.15, -0.1) is 0 Å². The number of rotatable bonds is 3. The molecule has 3 heteroatoms. The Hall–Kier alpha value is 0.320. The van der Waals surface area contributed by atoms with Crippen molar-refractivity contribution in [1.29, 1.82) is 0 Å². The second-order valence-electron chi connectivity index (χ2n) is 3.57. The summed E-state index contributed by atoms with van der Waals surface area (Å²) in [5.41, 5.74) is 0. The maximum absolute atomic E-state index is 13.6. The SMILES string of the molecule is CCN(CC)P(F)C(C)(C)C. The van der Waals surface area contributed by atoms with Gasteiger partial charge in [-0.05, 0) is 0 Å². The highest BCUT2D eigenvalue weighted by Gasteiger charge is 2.29. The minimum atomic E-state index is -1.45. The normalized spacial score (nSPS) is 15.5. The van der Waals surface area contributed by atoms with Crippen molar-refractivity contribution in [3.05, 3.63) is 0 Å². The van der Waals surface area contributed by atoms with Crippen LogP contribution in [0.3, 0.4) is 0 Å². The quantitative estimate of drug-likeness (QED) is 0.600. The fourth-order valence-corrected chi connectivity index (χ4v) is 2.24. The number of halogens is 1. The van der Waals surface area contributed by atoms with Gasteiger partial charge in [-0.1, -0.05) is 34.6 Å². The molecule has 1 unspecified atom stereocenters. The summed E-state index contributed by atoms with van der Waals surface area (Å²) < 4.78 is 15.5. The van der Waals surface area contributed by atoms with Crippen molar-refractivity contribution in [2.75, 3.05) is 13.1 Å². The fourth-order valence-electron chi connectivity index (χ4n) is 0.896. The molecule has 0 heterocycles. The van der Waals surface area contributed by atoms with Crippen LogP contribution in [-0.4, -0.2) is 22.9 Å². The van der Waals surface area contributed by atoms with Crippen LogP contribution in [0.4, 0.5) is 4.20 Å². The Kier molecular flexibility index (Phi) is 4.50. The summed E-state index contributed by atoms with van der Waals surface area (Å²) in [6.45, 7) is 11.5. The third-order valence-electron chi connectivity index (χ3n) is 1.53. The van der Waals surface area contributed by atoms with Gasteiger partial charge in [0.25, 0.3) is 0 Å². The molecule has 1 atom stereocenters. The first-order valence-corrected chi connectivity index (χ1v) is 5.32. The van der Waals surface area contributed by atoms with E-state index in [4.69, 9.17) is 0 Å². The summed E-state index contributed by atoms with van der Waals surface area (Å²) in [7, 11) is -1.45. The highest BCUT2D eigenvalue weighted by atomic mass is 31.2. The van der Waals surface area contributed by atoms with Gasteiger partial charge in [0.05, 0.1) is 0 Å². The predicted octanol–water partition coefficient (Wildman–Crippen LogP) is 3.41. The van der Waals surface area contributed by atoms with Crippen molar-refractivity contribution >= 4 is 8.38 Å². The van der Waals surface area contributed by atoms with Crippen LogP contribution in [0.25, 0.3) is 0 Å². The first-order valence-electron chi connectivity index (χ1n) is 4.14. The van der Waals surface area contributed by atoms with E-state index in [-0.39, 0.29) is 5.16 Å². The lowest BCUT2D eigenvalue weighted by Crippen LogP contribution is -2.24. The molecule has 68 valence electrons. The van der Waals surface area contributed by atoms with Gasteiger partial charge in [-0.25, -0.2) is 4.20 Å². The Morgan fingerprint density at radius 2 is 1.55 bits per heavy atom. The van der Waals surface area contributed by atoms with Crippen molar-refractivity contribution in [3.8, 4) is 0 Å². The van der Waals surface area contributed by atoms with Gasteiger partial charge in [-0.2, -0.15) is 0 Å². The summed E-state index contributed by atoms with van der Waals surface area (Å²) in [5, 5.41) is -0.193. The van der Waals surface area contributed by atoms with E-state index in [1.165, 1.54) is 0 Å². The van der Waals surface area contributed by atoms with Gasteiger partial charge in [-0.3, -0.25) is 4.67 Å². The molecule has 0 spiro atoms. The van der Waals surface area contributed by atoms with E-state index in [9.17, 15) is 4.20 Å². The molecule has 0 aromatic heterocycles. The zero-order valence-corrected chi connectivity index (χ0v) is 9.08. The summed E-state index contributed by atoms with van der Waals surface area (Å²) in [4.78, 5) is 0. The second-order valence-corrected chi connectivity index (χ2v) is 6.00. The summed E-state index contributed by atoms with van der Waals surface area (Å²) >= 11 is 0. The molecular weight excluding hydrogens is 160 g/mol. The number of hydrogen-bond acceptors (Lipinski definition) is 1. The largest absolute Gasteiger partial charge is 0.256 e. The molecule has 0 aliphatic carbocycles. The molecule has 0 rings (SSSR count). The van der Waals surface area contributed by atoms with Crippen LogP contribution in [0.5, 0.6) is 0 Å². The van der Waals surface area contributed by atoms with Gasteiger partial charge in [0.2, 0.25) is 0 Å². The van der Waals surface area contributed by atoms with Crippen molar-refractivity contribution < 1.29 is 4.20 Å². The Balaban J connectivity index is 4.09. The molecule has 0 aromatic carbocycles. The topological polar surface area (TPSA) is 3.24 Å². The highest BCUT2D eigenvalue weighted by Crippen LogP contribution is 2.53. The molecule has 0 aliphatic rings. The van der Waals surface area contributed by atoms with Crippen LogP contribution in [0.15, 0.2) is 0 Å². The van der Waals surface area contributed by atoms with E-state index >= 15 is 0 Å². The van der Waals surface area contributed by atoms with E-state index in [2.05, 4.69) is 0 Å². The van der Waals surface area contributed by atoms with Crippen molar-refractivity contribution in [3.63, 3.8) is 0 Å². The molecule has 0 aliphatic heterocycles. The Morgan fingerprint density at radius 3 is 1.64 bits per heavy atom. The first-order chi connectivity index (χ1) is 4.93. The molecule has 0 N–H and O–H groups in total. The molecular formula is C8H19FNP. The Labute approximate surface area is 70.9 Å². The van der Waals surface area contributed by atoms with Crippen LogP contribution < -0.4 is 0 Å². The van der Waals surface area contributed by atoms with Crippen LogP contribution in [-0.2, 0) is 0 Å². The summed E-state index contributed by atoms with van der Waals surface area (Å²) in [6.07, 6.45) is 0. The minimum Gasteiger partial charge on any atom is -0.256 e. The standard InChI is InChI=1S/C8H19FNP/c1-6-10(7-2)11(9)8(3,4)5/h6-7H2,1-5H3. The predicted molar refractivity (Wildman–Crippen MR) is 50.7 cm³/mol. The smallest absolute Gasteiger partial charge is 0.162 e. The third kappa shape index (κ3) is 3.48. The monoisotopic (exact) mass is 179 g/mol. The number of nitrogens with zero attached hydrogens (tertiary/aromatic N) is 1. The Morgan fingerprint density at radius 1 is 1.18 bits per heavy atom. The van der Waals surface area contributed by atoms with Crippen LogP contribution in [0.2, 0.25) is 0 Å². The molecule has 11 heavy (non-hydrogen) atoms. The fraction of sp³-hybridized carbons (Fsp3) is 1.00. The van der Waals surface area contributed by atoms with E-state index in [1.54, 1.807) is 0 Å². The molecule has 0 amide bonds. The first kappa shape index (κ1) is 11.3. The lowest BCUT2D eigenvalue weighted by Gasteiger charge is -2.31. The zero-order chi connectivity index (χ0) is 9.07. The molecule has 0 radical (unpaired) electrons. The van der Waals surface area contributed by atoms with E-state index < -0.39 is 8.38 Å². The van der Waals surface area contributed by atoms with Crippen molar-refractivity contribution in [2.24, 2.45) is 0 Å². The molecule has 1 nitrogen and oxygen atoms in total. The molecule has 0 saturated carbocycles.